The highest BCUT2D eigenvalue weighted by Crippen LogP contribution is 2.31. The van der Waals surface area contributed by atoms with Crippen molar-refractivity contribution in [2.75, 3.05) is 20.8 Å². The number of hydrogen-bond donors (Lipinski definition) is 1. The first kappa shape index (κ1) is 22.4. The third-order valence-corrected chi connectivity index (χ3v) is 6.86. The SMILES string of the molecule is COc1cccc(OC)c1C(=O)NC[C@H](c1ccco1)S(=O)(=O)c1ccc(F)c(C)c1. The number of nitrogens with one attached hydrogen (secondary N) is 1. The fourth-order valence-electron chi connectivity index (χ4n) is 3.14. The normalized spacial score (nSPS) is 12.3. The second-order valence-electron chi connectivity index (χ2n) is 6.71. The maximum atomic E-state index is 13.7. The number of methoxy groups -OCH3 is 2. The van der Waals surface area contributed by atoms with Gasteiger partial charge in [0.05, 0.1) is 25.4 Å². The summed E-state index contributed by atoms with van der Waals surface area (Å²) in [5, 5.41) is 1.40. The third-order valence-electron chi connectivity index (χ3n) is 4.80. The quantitative estimate of drug-likeness (QED) is 0.529. The molecule has 0 radical (unpaired) electrons. The minimum absolute atomic E-state index is 0.0723. The van der Waals surface area contributed by atoms with Crippen LogP contribution in [0.1, 0.15) is 26.9 Å². The molecular formula is C22H22FNO6S. The number of amides is 1. The van der Waals surface area contributed by atoms with E-state index in [1.54, 1.807) is 24.3 Å². The van der Waals surface area contributed by atoms with E-state index in [1.165, 1.54) is 45.6 Å². The van der Waals surface area contributed by atoms with Gasteiger partial charge >= 0.3 is 0 Å². The lowest BCUT2D eigenvalue weighted by Gasteiger charge is -2.18. The highest BCUT2D eigenvalue weighted by Gasteiger charge is 2.33. The Morgan fingerprint density at radius 1 is 1.10 bits per heavy atom. The molecule has 3 aromatic rings. The fourth-order valence-corrected chi connectivity index (χ4v) is 4.81. The average Bonchev–Trinajstić information content (AvgIpc) is 3.29. The molecule has 0 aliphatic heterocycles. The number of furan rings is 1. The summed E-state index contributed by atoms with van der Waals surface area (Å²) in [6, 6.07) is 11.5. The highest BCUT2D eigenvalue weighted by atomic mass is 32.2. The molecule has 0 unspecified atom stereocenters. The molecule has 0 spiro atoms. The molecule has 7 nitrogen and oxygen atoms in total. The number of carbonyl (C=O) groups is 1. The first-order valence-electron chi connectivity index (χ1n) is 9.32. The summed E-state index contributed by atoms with van der Waals surface area (Å²) in [5.74, 6) is -0.373. The van der Waals surface area contributed by atoms with E-state index in [4.69, 9.17) is 13.9 Å². The van der Waals surface area contributed by atoms with E-state index in [0.29, 0.717) is 0 Å². The van der Waals surface area contributed by atoms with E-state index in [0.717, 1.165) is 6.07 Å². The van der Waals surface area contributed by atoms with Gasteiger partial charge in [-0.3, -0.25) is 4.79 Å². The molecule has 0 aliphatic carbocycles. The lowest BCUT2D eigenvalue weighted by Crippen LogP contribution is -2.32. The van der Waals surface area contributed by atoms with E-state index in [9.17, 15) is 17.6 Å². The van der Waals surface area contributed by atoms with Gasteiger partial charge in [0.1, 0.15) is 33.9 Å². The standard InChI is InChI=1S/C22H22FNO6S/c1-14-12-15(9-10-16(14)23)31(26,27)20(17-8-5-11-30-17)13-24-22(25)21-18(28-2)6-4-7-19(21)29-3/h4-12,20H,13H2,1-3H3,(H,24,25)/t20-/m1/s1. The van der Waals surface area contributed by atoms with Crippen molar-refractivity contribution in [3.63, 3.8) is 0 Å². The zero-order valence-corrected chi connectivity index (χ0v) is 18.0. The Labute approximate surface area is 179 Å². The van der Waals surface area contributed by atoms with E-state index >= 15 is 0 Å². The Kier molecular flexibility index (Phi) is 6.65. The van der Waals surface area contributed by atoms with Gasteiger partial charge in [0.15, 0.2) is 9.84 Å². The van der Waals surface area contributed by atoms with Gasteiger partial charge in [-0.15, -0.1) is 0 Å². The third kappa shape index (κ3) is 4.56. The topological polar surface area (TPSA) is 94.8 Å². The minimum atomic E-state index is -4.01. The number of sulfone groups is 1. The Morgan fingerprint density at radius 2 is 1.77 bits per heavy atom. The van der Waals surface area contributed by atoms with Crippen LogP contribution in [-0.4, -0.2) is 35.1 Å². The molecule has 0 fully saturated rings. The van der Waals surface area contributed by atoms with Crippen LogP contribution in [0.3, 0.4) is 0 Å². The van der Waals surface area contributed by atoms with Gasteiger partial charge in [-0.2, -0.15) is 0 Å². The van der Waals surface area contributed by atoms with Crippen molar-refractivity contribution in [2.45, 2.75) is 17.1 Å². The number of benzene rings is 2. The Hall–Kier alpha value is -3.33. The van der Waals surface area contributed by atoms with Crippen molar-refractivity contribution in [3.8, 4) is 11.5 Å². The van der Waals surface area contributed by atoms with Gasteiger partial charge in [0, 0.05) is 6.54 Å². The lowest BCUT2D eigenvalue weighted by molar-refractivity contribution is 0.0947. The zero-order chi connectivity index (χ0) is 22.6. The molecule has 9 heteroatoms. The first-order valence-corrected chi connectivity index (χ1v) is 10.9. The highest BCUT2D eigenvalue weighted by molar-refractivity contribution is 7.91. The zero-order valence-electron chi connectivity index (χ0n) is 17.2. The first-order chi connectivity index (χ1) is 14.8. The van der Waals surface area contributed by atoms with Gasteiger partial charge in [-0.25, -0.2) is 12.8 Å². The molecule has 0 aliphatic rings. The number of carbonyl (C=O) groups excluding carboxylic acids is 1. The number of ether oxygens (including phenoxy) is 2. The van der Waals surface area contributed by atoms with Crippen molar-refractivity contribution >= 4 is 15.7 Å². The van der Waals surface area contributed by atoms with E-state index < -0.39 is 26.8 Å². The van der Waals surface area contributed by atoms with E-state index in [1.807, 2.05) is 0 Å². The number of aryl methyl sites for hydroxylation is 1. The molecular weight excluding hydrogens is 425 g/mol. The minimum Gasteiger partial charge on any atom is -0.496 e. The van der Waals surface area contributed by atoms with Crippen LogP contribution in [0, 0.1) is 12.7 Å². The van der Waals surface area contributed by atoms with Crippen molar-refractivity contribution in [3.05, 3.63) is 77.5 Å². The molecule has 0 saturated heterocycles. The molecule has 2 aromatic carbocycles. The predicted octanol–water partition coefficient (Wildman–Crippen LogP) is 3.69. The lowest BCUT2D eigenvalue weighted by atomic mass is 10.1. The van der Waals surface area contributed by atoms with Crippen molar-refractivity contribution < 1.29 is 31.5 Å². The molecule has 1 aromatic heterocycles. The monoisotopic (exact) mass is 447 g/mol. The average molecular weight is 447 g/mol. The van der Waals surface area contributed by atoms with E-state index in [2.05, 4.69) is 5.32 Å². The van der Waals surface area contributed by atoms with Gasteiger partial charge in [0.25, 0.3) is 5.91 Å². The summed E-state index contributed by atoms with van der Waals surface area (Å²) in [6.45, 7) is 1.19. The number of hydrogen-bond acceptors (Lipinski definition) is 6. The van der Waals surface area contributed by atoms with E-state index in [-0.39, 0.29) is 39.8 Å². The molecule has 1 amide bonds. The molecule has 1 atom stereocenters. The van der Waals surface area contributed by atoms with Crippen LogP contribution in [0.15, 0.2) is 64.1 Å². The summed E-state index contributed by atoms with van der Waals surface area (Å²) in [6.07, 6.45) is 1.35. The second-order valence-corrected chi connectivity index (χ2v) is 8.84. The van der Waals surface area contributed by atoms with Crippen LogP contribution in [0.25, 0.3) is 0 Å². The van der Waals surface area contributed by atoms with Crippen molar-refractivity contribution in [1.82, 2.24) is 5.32 Å². The number of rotatable bonds is 8. The molecule has 164 valence electrons. The fraction of sp³-hybridized carbons (Fsp3) is 0.227. The Balaban J connectivity index is 1.94. The van der Waals surface area contributed by atoms with Crippen molar-refractivity contribution in [2.24, 2.45) is 0 Å². The van der Waals surface area contributed by atoms with Crippen LogP contribution >= 0.6 is 0 Å². The summed E-state index contributed by atoms with van der Waals surface area (Å²) < 4.78 is 56.1. The van der Waals surface area contributed by atoms with Gasteiger partial charge in [-0.1, -0.05) is 6.07 Å². The van der Waals surface area contributed by atoms with Crippen LogP contribution in [0.2, 0.25) is 0 Å². The molecule has 0 saturated carbocycles. The van der Waals surface area contributed by atoms with Crippen molar-refractivity contribution in [1.29, 1.82) is 0 Å². The van der Waals surface area contributed by atoms with Gasteiger partial charge < -0.3 is 19.2 Å². The maximum Gasteiger partial charge on any atom is 0.258 e. The molecule has 3 rings (SSSR count). The number of halogens is 1. The second kappa shape index (κ2) is 9.22. The summed E-state index contributed by atoms with van der Waals surface area (Å²) in [4.78, 5) is 12.8. The van der Waals surface area contributed by atoms with Crippen LogP contribution in [0.5, 0.6) is 11.5 Å². The smallest absolute Gasteiger partial charge is 0.258 e. The van der Waals surface area contributed by atoms with Gasteiger partial charge in [-0.05, 0) is 55.0 Å². The van der Waals surface area contributed by atoms with Crippen LogP contribution in [-0.2, 0) is 9.84 Å². The molecule has 1 heterocycles. The van der Waals surface area contributed by atoms with Crippen LogP contribution in [0.4, 0.5) is 4.39 Å². The maximum absolute atomic E-state index is 13.7. The Bertz CT molecular complexity index is 1150. The van der Waals surface area contributed by atoms with Crippen LogP contribution < -0.4 is 14.8 Å². The molecule has 31 heavy (non-hydrogen) atoms. The summed E-state index contributed by atoms with van der Waals surface area (Å²) >= 11 is 0. The summed E-state index contributed by atoms with van der Waals surface area (Å²) in [5.41, 5.74) is 0.336. The van der Waals surface area contributed by atoms with Gasteiger partial charge in [0.2, 0.25) is 0 Å². The molecule has 1 N–H and O–H groups in total. The Morgan fingerprint density at radius 3 is 2.32 bits per heavy atom. The largest absolute Gasteiger partial charge is 0.496 e. The predicted molar refractivity (Wildman–Crippen MR) is 112 cm³/mol. The molecule has 0 bridgehead atoms. The summed E-state index contributed by atoms with van der Waals surface area (Å²) in [7, 11) is -1.18.